The molecule has 0 saturated carbocycles. The third-order valence-corrected chi connectivity index (χ3v) is 4.11. The van der Waals surface area contributed by atoms with E-state index < -0.39 is 17.9 Å². The number of nitrogens with zero attached hydrogens (tertiary/aromatic N) is 3. The van der Waals surface area contributed by atoms with Crippen LogP contribution in [0.1, 0.15) is 25.1 Å². The average molecular weight is 323 g/mol. The molecule has 0 atom stereocenters. The first-order chi connectivity index (χ1) is 11.0. The van der Waals surface area contributed by atoms with Crippen molar-refractivity contribution in [2.24, 2.45) is 0 Å². The molecule has 1 aromatic carbocycles. The number of aliphatic hydroxyl groups is 1. The van der Waals surface area contributed by atoms with Crippen LogP contribution in [0.3, 0.4) is 0 Å². The second kappa shape index (κ2) is 6.33. The Hall–Kier alpha value is -1.86. The minimum absolute atomic E-state index is 0.306. The summed E-state index contributed by atoms with van der Waals surface area (Å²) < 4.78 is 31.4. The van der Waals surface area contributed by atoms with Gasteiger partial charge in [0.25, 0.3) is 6.43 Å². The summed E-state index contributed by atoms with van der Waals surface area (Å²) in [6, 6.07) is 7.04. The van der Waals surface area contributed by atoms with E-state index in [1.807, 2.05) is 6.07 Å². The third kappa shape index (κ3) is 3.40. The summed E-state index contributed by atoms with van der Waals surface area (Å²) in [5.74, 6) is -0.0877. The summed E-state index contributed by atoms with van der Waals surface area (Å²) in [6.45, 7) is 1.30. The van der Waals surface area contributed by atoms with Crippen molar-refractivity contribution in [2.45, 2.75) is 24.9 Å². The summed E-state index contributed by atoms with van der Waals surface area (Å²) in [5, 5.41) is 11.3. The molecule has 2 heterocycles. The van der Waals surface area contributed by atoms with Gasteiger partial charge in [0, 0.05) is 45.0 Å². The Kier molecular flexibility index (Phi) is 4.41. The van der Waals surface area contributed by atoms with E-state index in [0.29, 0.717) is 49.3 Å². The van der Waals surface area contributed by atoms with Gasteiger partial charge in [-0.1, -0.05) is 12.1 Å². The highest BCUT2D eigenvalue weighted by Crippen LogP contribution is 2.29. The number of alkyl halides is 2. The highest BCUT2D eigenvalue weighted by atomic mass is 19.3. The zero-order valence-electron chi connectivity index (χ0n) is 12.9. The number of para-hydroxylation sites is 1. The van der Waals surface area contributed by atoms with E-state index in [9.17, 15) is 13.9 Å². The molecule has 124 valence electrons. The van der Waals surface area contributed by atoms with Crippen LogP contribution in [0.25, 0.3) is 10.9 Å². The molecule has 7 heteroatoms. The first kappa shape index (κ1) is 16.0. The quantitative estimate of drug-likeness (QED) is 0.937. The van der Waals surface area contributed by atoms with Crippen molar-refractivity contribution in [1.29, 1.82) is 0 Å². The van der Waals surface area contributed by atoms with Gasteiger partial charge in [-0.05, 0) is 12.1 Å². The lowest BCUT2D eigenvalue weighted by Gasteiger charge is -2.36. The molecular formula is C16H19F2N3O2. The lowest BCUT2D eigenvalue weighted by molar-refractivity contribution is -0.0573. The van der Waals surface area contributed by atoms with E-state index in [1.54, 1.807) is 30.1 Å². The number of halogens is 2. The van der Waals surface area contributed by atoms with Crippen LogP contribution >= 0.6 is 0 Å². The van der Waals surface area contributed by atoms with Crippen LogP contribution in [0.2, 0.25) is 0 Å². The number of rotatable bonds is 4. The molecular weight excluding hydrogens is 304 g/mol. The molecule has 0 amide bonds. The number of hydrogen-bond acceptors (Lipinski definition) is 5. The molecule has 2 aromatic rings. The first-order valence-corrected chi connectivity index (χ1v) is 7.55. The van der Waals surface area contributed by atoms with E-state index in [4.69, 9.17) is 4.74 Å². The summed E-state index contributed by atoms with van der Waals surface area (Å²) in [4.78, 5) is 9.65. The van der Waals surface area contributed by atoms with Crippen LogP contribution in [-0.4, -0.2) is 47.5 Å². The molecule has 0 radical (unpaired) electrons. The first-order valence-electron chi connectivity index (χ1n) is 7.55. The second-order valence-corrected chi connectivity index (χ2v) is 5.92. The van der Waals surface area contributed by atoms with Crippen LogP contribution in [-0.2, 0) is 4.74 Å². The Bertz CT molecular complexity index is 690. The van der Waals surface area contributed by atoms with Crippen LogP contribution < -0.4 is 4.90 Å². The third-order valence-electron chi connectivity index (χ3n) is 4.11. The van der Waals surface area contributed by atoms with E-state index in [-0.39, 0.29) is 0 Å². The Balaban J connectivity index is 1.96. The number of benzene rings is 1. The van der Waals surface area contributed by atoms with E-state index >= 15 is 0 Å². The minimum atomic E-state index is -2.74. The lowest BCUT2D eigenvalue weighted by atomic mass is 9.94. The van der Waals surface area contributed by atoms with Gasteiger partial charge < -0.3 is 14.7 Å². The molecule has 0 bridgehead atoms. The van der Waals surface area contributed by atoms with Crippen molar-refractivity contribution in [3.63, 3.8) is 0 Å². The summed E-state index contributed by atoms with van der Waals surface area (Å²) in [5.41, 5.74) is -0.428. The smallest absolute Gasteiger partial charge is 0.297 e. The molecule has 1 saturated heterocycles. The van der Waals surface area contributed by atoms with Crippen molar-refractivity contribution in [3.8, 4) is 0 Å². The molecule has 3 rings (SSSR count). The van der Waals surface area contributed by atoms with Crippen molar-refractivity contribution in [3.05, 3.63) is 30.1 Å². The van der Waals surface area contributed by atoms with Crippen LogP contribution in [0.4, 0.5) is 14.6 Å². The monoisotopic (exact) mass is 323 g/mol. The van der Waals surface area contributed by atoms with Crippen molar-refractivity contribution < 1.29 is 18.6 Å². The van der Waals surface area contributed by atoms with Crippen molar-refractivity contribution >= 4 is 16.7 Å². The van der Waals surface area contributed by atoms with E-state index in [1.165, 1.54) is 0 Å². The zero-order chi connectivity index (χ0) is 16.4. The number of hydrogen-bond donors (Lipinski definition) is 1. The molecule has 1 fully saturated rings. The standard InChI is InChI=1S/C16H19F2N3O2/c1-21(10-16(22)6-8-23-9-7-16)15-11-4-2-3-5-12(11)19-14(20-15)13(17)18/h2-5,13,22H,6-10H2,1H3. The molecule has 0 unspecified atom stereocenters. The molecule has 0 spiro atoms. The van der Waals surface area contributed by atoms with Gasteiger partial charge in [-0.2, -0.15) is 0 Å². The van der Waals surface area contributed by atoms with Crippen molar-refractivity contribution in [1.82, 2.24) is 9.97 Å². The van der Waals surface area contributed by atoms with Crippen molar-refractivity contribution in [2.75, 3.05) is 31.7 Å². The second-order valence-electron chi connectivity index (χ2n) is 5.92. The zero-order valence-corrected chi connectivity index (χ0v) is 12.9. The van der Waals surface area contributed by atoms with Gasteiger partial charge in [-0.15, -0.1) is 0 Å². The average Bonchev–Trinajstić information content (AvgIpc) is 2.54. The fourth-order valence-electron chi connectivity index (χ4n) is 2.89. The molecule has 23 heavy (non-hydrogen) atoms. The van der Waals surface area contributed by atoms with Gasteiger partial charge in [0.2, 0.25) is 0 Å². The largest absolute Gasteiger partial charge is 0.388 e. The molecule has 1 N–H and O–H groups in total. The number of fused-ring (bicyclic) bond motifs is 1. The fraction of sp³-hybridized carbons (Fsp3) is 0.500. The molecule has 1 aliphatic heterocycles. The fourth-order valence-corrected chi connectivity index (χ4v) is 2.89. The maximum Gasteiger partial charge on any atom is 0.297 e. The normalized spacial score (nSPS) is 17.6. The summed E-state index contributed by atoms with van der Waals surface area (Å²) in [7, 11) is 1.75. The molecule has 1 aliphatic rings. The Morgan fingerprint density at radius 1 is 1.26 bits per heavy atom. The summed E-state index contributed by atoms with van der Waals surface area (Å²) >= 11 is 0. The van der Waals surface area contributed by atoms with Crippen LogP contribution in [0.15, 0.2) is 24.3 Å². The summed E-state index contributed by atoms with van der Waals surface area (Å²) in [6.07, 6.45) is -1.71. The SMILES string of the molecule is CN(CC1(O)CCOCC1)c1nc(C(F)F)nc2ccccc12. The highest BCUT2D eigenvalue weighted by Gasteiger charge is 2.32. The van der Waals surface area contributed by atoms with Gasteiger partial charge in [0.1, 0.15) is 5.82 Å². The van der Waals surface area contributed by atoms with Crippen LogP contribution in [0.5, 0.6) is 0 Å². The number of anilines is 1. The highest BCUT2D eigenvalue weighted by molar-refractivity contribution is 5.89. The maximum absolute atomic E-state index is 13.1. The molecule has 0 aliphatic carbocycles. The van der Waals surface area contributed by atoms with Gasteiger partial charge >= 0.3 is 0 Å². The van der Waals surface area contributed by atoms with E-state index in [0.717, 1.165) is 0 Å². The predicted octanol–water partition coefficient (Wildman–Crippen LogP) is 2.55. The number of likely N-dealkylation sites (N-methyl/N-ethyl adjacent to an activating group) is 1. The number of ether oxygens (including phenoxy) is 1. The van der Waals surface area contributed by atoms with Gasteiger partial charge in [-0.3, -0.25) is 0 Å². The van der Waals surface area contributed by atoms with Gasteiger partial charge in [0.15, 0.2) is 5.82 Å². The van der Waals surface area contributed by atoms with Gasteiger partial charge in [-0.25, -0.2) is 18.7 Å². The van der Waals surface area contributed by atoms with Crippen LogP contribution in [0, 0.1) is 0 Å². The predicted molar refractivity (Wildman–Crippen MR) is 82.8 cm³/mol. The Morgan fingerprint density at radius 3 is 2.65 bits per heavy atom. The minimum Gasteiger partial charge on any atom is -0.388 e. The van der Waals surface area contributed by atoms with E-state index in [2.05, 4.69) is 9.97 Å². The maximum atomic E-state index is 13.1. The Morgan fingerprint density at radius 2 is 1.96 bits per heavy atom. The topological polar surface area (TPSA) is 58.5 Å². The molecule has 5 nitrogen and oxygen atoms in total. The lowest BCUT2D eigenvalue weighted by Crippen LogP contribution is -2.46. The van der Waals surface area contributed by atoms with Gasteiger partial charge in [0.05, 0.1) is 11.1 Å². The molecule has 1 aromatic heterocycles. The number of aromatic nitrogens is 2. The Labute approximate surface area is 132 Å².